The number of rotatable bonds is 4. The van der Waals surface area contributed by atoms with Crippen molar-refractivity contribution in [2.45, 2.75) is 0 Å². The molecule has 0 saturated heterocycles. The Morgan fingerprint density at radius 1 is 1.00 bits per heavy atom. The lowest BCUT2D eigenvalue weighted by Crippen LogP contribution is -2.13. The summed E-state index contributed by atoms with van der Waals surface area (Å²) in [5, 5.41) is 7.15. The van der Waals surface area contributed by atoms with E-state index in [1.807, 2.05) is 30.3 Å². The molecule has 0 spiro atoms. The van der Waals surface area contributed by atoms with E-state index in [1.54, 1.807) is 42.6 Å². The van der Waals surface area contributed by atoms with E-state index in [0.29, 0.717) is 33.7 Å². The van der Waals surface area contributed by atoms with Gasteiger partial charge < -0.3 is 9.84 Å². The quantitative estimate of drug-likeness (QED) is 0.558. The molecule has 4 aromatic rings. The van der Waals surface area contributed by atoms with Gasteiger partial charge in [0, 0.05) is 23.0 Å². The highest BCUT2D eigenvalue weighted by atomic mass is 35.5. The number of anilines is 1. The first kappa shape index (κ1) is 16.9. The number of hydrogen-bond donors (Lipinski definition) is 1. The van der Waals surface area contributed by atoms with Crippen LogP contribution < -0.4 is 5.32 Å². The predicted molar refractivity (Wildman–Crippen MR) is 102 cm³/mol. The summed E-state index contributed by atoms with van der Waals surface area (Å²) < 4.78 is 5.31. The topological polar surface area (TPSA) is 80.9 Å². The minimum atomic E-state index is -0.314. The number of aromatic nitrogens is 3. The van der Waals surface area contributed by atoms with E-state index in [0.717, 1.165) is 5.56 Å². The summed E-state index contributed by atoms with van der Waals surface area (Å²) in [5.41, 5.74) is 2.31. The summed E-state index contributed by atoms with van der Waals surface area (Å²) in [4.78, 5) is 20.6. The van der Waals surface area contributed by atoms with Crippen LogP contribution in [0.2, 0.25) is 5.02 Å². The monoisotopic (exact) mass is 376 g/mol. The van der Waals surface area contributed by atoms with Gasteiger partial charge in [-0.1, -0.05) is 41.0 Å². The van der Waals surface area contributed by atoms with E-state index in [-0.39, 0.29) is 5.91 Å². The maximum atomic E-state index is 12.2. The lowest BCUT2D eigenvalue weighted by molar-refractivity contribution is 0.102. The highest BCUT2D eigenvalue weighted by molar-refractivity contribution is 6.33. The number of halogens is 1. The first-order valence-electron chi connectivity index (χ1n) is 8.12. The largest absolute Gasteiger partial charge is 0.334 e. The van der Waals surface area contributed by atoms with Gasteiger partial charge in [0.15, 0.2) is 0 Å². The van der Waals surface area contributed by atoms with Gasteiger partial charge in [-0.3, -0.25) is 9.78 Å². The summed E-state index contributed by atoms with van der Waals surface area (Å²) >= 11 is 6.36. The minimum Gasteiger partial charge on any atom is -0.334 e. The standard InChI is InChI=1S/C20H13ClN4O2/c21-16-12-14(23-19(26)17-8-4-5-11-22-17)9-10-15(16)18-24-20(27-25-18)13-6-2-1-3-7-13/h1-12H,(H,23,26). The fourth-order valence-corrected chi connectivity index (χ4v) is 2.76. The summed E-state index contributed by atoms with van der Waals surface area (Å²) in [6.45, 7) is 0. The van der Waals surface area contributed by atoms with Crippen LogP contribution in [0.1, 0.15) is 10.5 Å². The second kappa shape index (κ2) is 7.39. The number of pyridine rings is 1. The lowest BCUT2D eigenvalue weighted by atomic mass is 10.2. The first-order valence-corrected chi connectivity index (χ1v) is 8.50. The molecule has 2 aromatic carbocycles. The number of carbonyl (C=O) groups excluding carboxylic acids is 1. The van der Waals surface area contributed by atoms with Crippen LogP contribution >= 0.6 is 11.6 Å². The molecular weight excluding hydrogens is 364 g/mol. The number of benzene rings is 2. The number of amides is 1. The van der Waals surface area contributed by atoms with Gasteiger partial charge in [0.05, 0.1) is 5.02 Å². The zero-order valence-electron chi connectivity index (χ0n) is 14.0. The summed E-state index contributed by atoms with van der Waals surface area (Å²) in [7, 11) is 0. The van der Waals surface area contributed by atoms with Crippen molar-refractivity contribution in [3.05, 3.63) is 83.6 Å². The molecule has 2 heterocycles. The third-order valence-corrected chi connectivity index (χ3v) is 4.12. The highest BCUT2D eigenvalue weighted by Gasteiger charge is 2.14. The fourth-order valence-electron chi connectivity index (χ4n) is 2.50. The summed E-state index contributed by atoms with van der Waals surface area (Å²) in [5.74, 6) is 0.473. The molecular formula is C20H13ClN4O2. The zero-order chi connectivity index (χ0) is 18.6. The Hall–Kier alpha value is -3.51. The average Bonchev–Trinajstić information content (AvgIpc) is 3.19. The summed E-state index contributed by atoms with van der Waals surface area (Å²) in [6.07, 6.45) is 1.56. The van der Waals surface area contributed by atoms with Crippen LogP contribution in [-0.2, 0) is 0 Å². The third kappa shape index (κ3) is 3.70. The van der Waals surface area contributed by atoms with Gasteiger partial charge in [-0.2, -0.15) is 4.98 Å². The molecule has 4 rings (SSSR count). The average molecular weight is 377 g/mol. The zero-order valence-corrected chi connectivity index (χ0v) is 14.7. The Labute approximate surface area is 159 Å². The van der Waals surface area contributed by atoms with Gasteiger partial charge in [-0.05, 0) is 42.5 Å². The van der Waals surface area contributed by atoms with E-state index in [2.05, 4.69) is 20.4 Å². The Kier molecular flexibility index (Phi) is 4.63. The van der Waals surface area contributed by atoms with Crippen molar-refractivity contribution in [1.29, 1.82) is 0 Å². The Balaban J connectivity index is 1.56. The molecule has 0 unspecified atom stereocenters. The molecule has 0 fully saturated rings. The molecule has 6 nitrogen and oxygen atoms in total. The van der Waals surface area contributed by atoms with Crippen LogP contribution in [-0.4, -0.2) is 21.0 Å². The van der Waals surface area contributed by atoms with E-state index in [4.69, 9.17) is 16.1 Å². The smallest absolute Gasteiger partial charge is 0.274 e. The number of carbonyl (C=O) groups is 1. The van der Waals surface area contributed by atoms with Crippen molar-refractivity contribution < 1.29 is 9.32 Å². The predicted octanol–water partition coefficient (Wildman–Crippen LogP) is 4.70. The second-order valence-corrected chi connectivity index (χ2v) is 6.06. The van der Waals surface area contributed by atoms with Gasteiger partial charge in [0.25, 0.3) is 11.8 Å². The molecule has 27 heavy (non-hydrogen) atoms. The molecule has 0 aliphatic rings. The number of hydrogen-bond acceptors (Lipinski definition) is 5. The minimum absolute atomic E-state index is 0.314. The van der Waals surface area contributed by atoms with Gasteiger partial charge in [0.1, 0.15) is 5.69 Å². The van der Waals surface area contributed by atoms with Crippen molar-refractivity contribution >= 4 is 23.2 Å². The Bertz CT molecular complexity index is 1080. The summed E-state index contributed by atoms with van der Waals surface area (Å²) in [6, 6.07) is 19.7. The second-order valence-electron chi connectivity index (χ2n) is 5.65. The van der Waals surface area contributed by atoms with E-state index < -0.39 is 0 Å². The van der Waals surface area contributed by atoms with Crippen molar-refractivity contribution in [2.75, 3.05) is 5.32 Å². The third-order valence-electron chi connectivity index (χ3n) is 3.81. The van der Waals surface area contributed by atoms with Crippen LogP contribution in [0, 0.1) is 0 Å². The van der Waals surface area contributed by atoms with Crippen molar-refractivity contribution in [3.63, 3.8) is 0 Å². The van der Waals surface area contributed by atoms with Crippen LogP contribution in [0.4, 0.5) is 5.69 Å². The van der Waals surface area contributed by atoms with Gasteiger partial charge in [0.2, 0.25) is 5.82 Å². The Morgan fingerprint density at radius 3 is 2.56 bits per heavy atom. The van der Waals surface area contributed by atoms with Crippen LogP contribution in [0.15, 0.2) is 77.4 Å². The van der Waals surface area contributed by atoms with E-state index >= 15 is 0 Å². The van der Waals surface area contributed by atoms with Crippen molar-refractivity contribution in [2.24, 2.45) is 0 Å². The normalized spacial score (nSPS) is 10.6. The molecule has 0 atom stereocenters. The van der Waals surface area contributed by atoms with E-state index in [1.165, 1.54) is 0 Å². The number of nitrogens with zero attached hydrogens (tertiary/aromatic N) is 3. The molecule has 0 aliphatic carbocycles. The van der Waals surface area contributed by atoms with Crippen molar-refractivity contribution in [3.8, 4) is 22.8 Å². The van der Waals surface area contributed by atoms with Crippen molar-refractivity contribution in [1.82, 2.24) is 15.1 Å². The molecule has 0 radical (unpaired) electrons. The highest BCUT2D eigenvalue weighted by Crippen LogP contribution is 2.30. The van der Waals surface area contributed by atoms with Crippen LogP contribution in [0.5, 0.6) is 0 Å². The molecule has 7 heteroatoms. The SMILES string of the molecule is O=C(Nc1ccc(-c2noc(-c3ccccc3)n2)c(Cl)c1)c1ccccn1. The van der Waals surface area contributed by atoms with Gasteiger partial charge in [-0.25, -0.2) is 0 Å². The van der Waals surface area contributed by atoms with E-state index in [9.17, 15) is 4.79 Å². The van der Waals surface area contributed by atoms with Gasteiger partial charge in [-0.15, -0.1) is 0 Å². The Morgan fingerprint density at radius 2 is 1.81 bits per heavy atom. The maximum absolute atomic E-state index is 12.2. The maximum Gasteiger partial charge on any atom is 0.274 e. The molecule has 132 valence electrons. The number of nitrogens with one attached hydrogen (secondary N) is 1. The first-order chi connectivity index (χ1) is 13.2. The van der Waals surface area contributed by atoms with Crippen LogP contribution in [0.25, 0.3) is 22.8 Å². The molecule has 0 aliphatic heterocycles. The molecule has 1 N–H and O–H groups in total. The molecule has 0 bridgehead atoms. The lowest BCUT2D eigenvalue weighted by Gasteiger charge is -2.06. The van der Waals surface area contributed by atoms with Gasteiger partial charge >= 0.3 is 0 Å². The molecule has 0 saturated carbocycles. The fraction of sp³-hybridized carbons (Fsp3) is 0. The van der Waals surface area contributed by atoms with Crippen LogP contribution in [0.3, 0.4) is 0 Å². The molecule has 1 amide bonds. The molecule has 2 aromatic heterocycles.